The number of hydrogen-bond donors (Lipinski definition) is 1. The summed E-state index contributed by atoms with van der Waals surface area (Å²) in [5.41, 5.74) is 5.13. The van der Waals surface area contributed by atoms with E-state index in [9.17, 15) is 0 Å². The summed E-state index contributed by atoms with van der Waals surface area (Å²) in [6.45, 7) is 2.02. The van der Waals surface area contributed by atoms with Gasteiger partial charge >= 0.3 is 0 Å². The van der Waals surface area contributed by atoms with Gasteiger partial charge in [0.15, 0.2) is 0 Å². The molecule has 4 nitrogen and oxygen atoms in total. The number of rotatable bonds is 3. The molecule has 28 heavy (non-hydrogen) atoms. The molecular weight excluding hydrogens is 368 g/mol. The number of benzene rings is 2. The highest BCUT2D eigenvalue weighted by Crippen LogP contribution is 2.32. The number of aromatic nitrogens is 3. The molecule has 0 spiro atoms. The average molecular weight is 389 g/mol. The third-order valence-electron chi connectivity index (χ3n) is 5.36. The molecule has 1 fully saturated rings. The van der Waals surface area contributed by atoms with Crippen LogP contribution in [-0.2, 0) is 0 Å². The van der Waals surface area contributed by atoms with Crippen molar-refractivity contribution in [2.45, 2.75) is 19.3 Å². The Morgan fingerprint density at radius 2 is 1.61 bits per heavy atom. The van der Waals surface area contributed by atoms with Gasteiger partial charge < -0.3 is 9.88 Å². The van der Waals surface area contributed by atoms with Crippen LogP contribution in [0.4, 0.5) is 5.95 Å². The maximum atomic E-state index is 6.08. The maximum absolute atomic E-state index is 6.08. The number of para-hydroxylation sites is 1. The summed E-state index contributed by atoms with van der Waals surface area (Å²) in [5, 5.41) is 1.90. The first-order chi connectivity index (χ1) is 13.8. The zero-order chi connectivity index (χ0) is 18.9. The molecule has 4 aromatic rings. The van der Waals surface area contributed by atoms with E-state index < -0.39 is 0 Å². The van der Waals surface area contributed by atoms with E-state index in [2.05, 4.69) is 34.1 Å². The molecule has 0 saturated carbocycles. The van der Waals surface area contributed by atoms with Gasteiger partial charge in [0.1, 0.15) is 0 Å². The second-order valence-corrected chi connectivity index (χ2v) is 7.68. The number of fused-ring (bicyclic) bond motifs is 1. The molecule has 2 aromatic carbocycles. The summed E-state index contributed by atoms with van der Waals surface area (Å²) < 4.78 is 0. The van der Waals surface area contributed by atoms with E-state index in [1.54, 1.807) is 0 Å². The first-order valence-corrected chi connectivity index (χ1v) is 10.1. The van der Waals surface area contributed by atoms with Crippen molar-refractivity contribution in [1.29, 1.82) is 0 Å². The van der Waals surface area contributed by atoms with E-state index >= 15 is 0 Å². The molecule has 5 heteroatoms. The minimum Gasteiger partial charge on any atom is -0.360 e. The highest BCUT2D eigenvalue weighted by molar-refractivity contribution is 6.30. The Hall–Kier alpha value is -2.85. The van der Waals surface area contributed by atoms with Crippen LogP contribution in [-0.4, -0.2) is 28.0 Å². The van der Waals surface area contributed by atoms with E-state index in [0.717, 1.165) is 52.1 Å². The zero-order valence-corrected chi connectivity index (χ0v) is 16.3. The minimum absolute atomic E-state index is 0.728. The van der Waals surface area contributed by atoms with Crippen LogP contribution < -0.4 is 4.90 Å². The van der Waals surface area contributed by atoms with Crippen LogP contribution in [0.2, 0.25) is 5.02 Å². The molecule has 0 bridgehead atoms. The molecule has 1 N–H and O–H groups in total. The lowest BCUT2D eigenvalue weighted by atomic mass is 10.1. The fourth-order valence-corrected chi connectivity index (χ4v) is 3.99. The summed E-state index contributed by atoms with van der Waals surface area (Å²) in [6.07, 6.45) is 5.70. The van der Waals surface area contributed by atoms with Crippen LogP contribution in [0.3, 0.4) is 0 Å². The quantitative estimate of drug-likeness (QED) is 0.472. The molecule has 0 aliphatic carbocycles. The Kier molecular flexibility index (Phi) is 4.49. The molecule has 3 heterocycles. The van der Waals surface area contributed by atoms with Crippen LogP contribution in [0.5, 0.6) is 0 Å². The van der Waals surface area contributed by atoms with Crippen LogP contribution in [0.25, 0.3) is 33.4 Å². The molecule has 1 saturated heterocycles. The van der Waals surface area contributed by atoms with Crippen molar-refractivity contribution in [3.05, 3.63) is 65.8 Å². The van der Waals surface area contributed by atoms with Gasteiger partial charge in [-0.2, -0.15) is 0 Å². The number of H-pyrrole nitrogens is 1. The van der Waals surface area contributed by atoms with E-state index in [0.29, 0.717) is 0 Å². The van der Waals surface area contributed by atoms with Gasteiger partial charge in [0.2, 0.25) is 5.95 Å². The molecule has 0 radical (unpaired) electrons. The minimum atomic E-state index is 0.728. The maximum Gasteiger partial charge on any atom is 0.226 e. The first-order valence-electron chi connectivity index (χ1n) is 9.74. The standard InChI is InChI=1S/C23H21ClN4/c24-17-10-8-16(9-11-17)21-14-22(19-15-25-20-7-3-2-6-18(19)20)27-23(26-21)28-12-4-1-5-13-28/h2-3,6-11,14-15,25H,1,4-5,12-13H2. The molecular formula is C23H21ClN4. The van der Waals surface area contributed by atoms with Crippen LogP contribution in [0.1, 0.15) is 19.3 Å². The number of piperidine rings is 1. The second-order valence-electron chi connectivity index (χ2n) is 7.24. The SMILES string of the molecule is Clc1ccc(-c2cc(-c3c[nH]c4ccccc34)nc(N3CCCCC3)n2)cc1. The van der Waals surface area contributed by atoms with Crippen molar-refractivity contribution < 1.29 is 0 Å². The van der Waals surface area contributed by atoms with Crippen molar-refractivity contribution in [3.8, 4) is 22.5 Å². The van der Waals surface area contributed by atoms with Gasteiger partial charge in [-0.1, -0.05) is 41.9 Å². The topological polar surface area (TPSA) is 44.8 Å². The predicted octanol–water partition coefficient (Wildman–Crippen LogP) is 5.94. The normalized spacial score (nSPS) is 14.5. The summed E-state index contributed by atoms with van der Waals surface area (Å²) in [4.78, 5) is 15.5. The highest BCUT2D eigenvalue weighted by Gasteiger charge is 2.18. The Morgan fingerprint density at radius 1 is 0.857 bits per heavy atom. The fourth-order valence-electron chi connectivity index (χ4n) is 3.86. The number of halogens is 1. The number of hydrogen-bond acceptors (Lipinski definition) is 3. The lowest BCUT2D eigenvalue weighted by molar-refractivity contribution is 0.568. The monoisotopic (exact) mass is 388 g/mol. The molecule has 0 unspecified atom stereocenters. The third-order valence-corrected chi connectivity index (χ3v) is 5.61. The van der Waals surface area contributed by atoms with Crippen LogP contribution >= 0.6 is 11.6 Å². The van der Waals surface area contributed by atoms with E-state index in [-0.39, 0.29) is 0 Å². The number of aromatic amines is 1. The molecule has 2 aromatic heterocycles. The van der Waals surface area contributed by atoms with Crippen LogP contribution in [0.15, 0.2) is 60.8 Å². The zero-order valence-electron chi connectivity index (χ0n) is 15.5. The van der Waals surface area contributed by atoms with Crippen molar-refractivity contribution >= 4 is 28.5 Å². The van der Waals surface area contributed by atoms with Crippen molar-refractivity contribution in [1.82, 2.24) is 15.0 Å². The van der Waals surface area contributed by atoms with Crippen molar-refractivity contribution in [2.75, 3.05) is 18.0 Å². The van der Waals surface area contributed by atoms with Gasteiger partial charge in [0.25, 0.3) is 0 Å². The first kappa shape index (κ1) is 17.3. The molecule has 140 valence electrons. The third kappa shape index (κ3) is 3.25. The Bertz CT molecular complexity index is 1110. The van der Waals surface area contributed by atoms with Crippen LogP contribution in [0, 0.1) is 0 Å². The second kappa shape index (κ2) is 7.28. The highest BCUT2D eigenvalue weighted by atomic mass is 35.5. The lowest BCUT2D eigenvalue weighted by Crippen LogP contribution is -2.31. The summed E-state index contributed by atoms with van der Waals surface area (Å²) in [5.74, 6) is 0.812. The Balaban J connectivity index is 1.67. The Morgan fingerprint density at radius 3 is 2.43 bits per heavy atom. The number of nitrogens with zero attached hydrogens (tertiary/aromatic N) is 3. The van der Waals surface area contributed by atoms with Gasteiger partial charge in [-0.15, -0.1) is 0 Å². The smallest absolute Gasteiger partial charge is 0.226 e. The van der Waals surface area contributed by atoms with Crippen molar-refractivity contribution in [2.24, 2.45) is 0 Å². The molecule has 1 aliphatic rings. The summed E-state index contributed by atoms with van der Waals surface area (Å²) in [7, 11) is 0. The number of nitrogens with one attached hydrogen (secondary N) is 1. The van der Waals surface area contributed by atoms with Gasteiger partial charge in [0, 0.05) is 46.3 Å². The van der Waals surface area contributed by atoms with Gasteiger partial charge in [-0.3, -0.25) is 0 Å². The van der Waals surface area contributed by atoms with E-state index in [1.807, 2.05) is 36.5 Å². The number of anilines is 1. The summed E-state index contributed by atoms with van der Waals surface area (Å²) >= 11 is 6.08. The van der Waals surface area contributed by atoms with E-state index in [4.69, 9.17) is 21.6 Å². The molecule has 5 rings (SSSR count). The van der Waals surface area contributed by atoms with Crippen molar-refractivity contribution in [3.63, 3.8) is 0 Å². The molecule has 1 aliphatic heterocycles. The largest absolute Gasteiger partial charge is 0.360 e. The average Bonchev–Trinajstić information content (AvgIpc) is 3.19. The van der Waals surface area contributed by atoms with Gasteiger partial charge in [-0.05, 0) is 43.5 Å². The van der Waals surface area contributed by atoms with Gasteiger partial charge in [-0.25, -0.2) is 9.97 Å². The van der Waals surface area contributed by atoms with Gasteiger partial charge in [0.05, 0.1) is 11.4 Å². The van der Waals surface area contributed by atoms with E-state index in [1.165, 1.54) is 24.6 Å². The predicted molar refractivity (Wildman–Crippen MR) is 116 cm³/mol. The lowest BCUT2D eigenvalue weighted by Gasteiger charge is -2.27. The molecule has 0 amide bonds. The summed E-state index contributed by atoms with van der Waals surface area (Å²) in [6, 6.07) is 18.3. The fraction of sp³-hybridized carbons (Fsp3) is 0.217. The molecule has 0 atom stereocenters. The Labute approximate surface area is 169 Å².